The van der Waals surface area contributed by atoms with Crippen molar-refractivity contribution in [1.82, 2.24) is 4.90 Å². The van der Waals surface area contributed by atoms with Crippen molar-refractivity contribution in [1.29, 1.82) is 0 Å². The summed E-state index contributed by atoms with van der Waals surface area (Å²) in [4.78, 5) is 12.2. The molecule has 2 rings (SSSR count). The number of aliphatic hydroxyl groups is 1. The molecule has 2 atom stereocenters. The van der Waals surface area contributed by atoms with E-state index in [9.17, 15) is 4.79 Å². The van der Waals surface area contributed by atoms with Gasteiger partial charge >= 0.3 is 6.09 Å². The zero-order chi connectivity index (χ0) is 10.8. The predicted octanol–water partition coefficient (Wildman–Crippen LogP) is 1.39. The Labute approximate surface area is 89.9 Å². The monoisotopic (exact) mass is 213 g/mol. The van der Waals surface area contributed by atoms with Crippen molar-refractivity contribution < 1.29 is 15.0 Å². The summed E-state index contributed by atoms with van der Waals surface area (Å²) in [6.45, 7) is 1.71. The molecule has 1 heterocycles. The Hall–Kier alpha value is -0.770. The van der Waals surface area contributed by atoms with Gasteiger partial charge in [-0.05, 0) is 43.4 Å². The SMILES string of the molecule is O=C(O)N1CCC(C[C@@H]2C[C@H]2CO)CC1. The molecule has 1 aliphatic carbocycles. The average Bonchev–Trinajstić information content (AvgIpc) is 2.97. The minimum absolute atomic E-state index is 0.332. The van der Waals surface area contributed by atoms with Crippen LogP contribution in [0.5, 0.6) is 0 Å². The van der Waals surface area contributed by atoms with Crippen LogP contribution in [0.1, 0.15) is 25.7 Å². The lowest BCUT2D eigenvalue weighted by Crippen LogP contribution is -2.37. The van der Waals surface area contributed by atoms with Crippen molar-refractivity contribution in [3.63, 3.8) is 0 Å². The van der Waals surface area contributed by atoms with Gasteiger partial charge < -0.3 is 15.1 Å². The third-order valence-electron chi connectivity index (χ3n) is 3.82. The van der Waals surface area contributed by atoms with Gasteiger partial charge in [-0.25, -0.2) is 4.79 Å². The molecule has 86 valence electrons. The maximum Gasteiger partial charge on any atom is 0.407 e. The molecule has 0 aromatic heterocycles. The smallest absolute Gasteiger partial charge is 0.407 e. The van der Waals surface area contributed by atoms with Crippen LogP contribution >= 0.6 is 0 Å². The lowest BCUT2D eigenvalue weighted by molar-refractivity contribution is 0.121. The van der Waals surface area contributed by atoms with Gasteiger partial charge in [-0.3, -0.25) is 0 Å². The van der Waals surface area contributed by atoms with Crippen LogP contribution in [0, 0.1) is 17.8 Å². The molecule has 4 nitrogen and oxygen atoms in total. The first-order valence-electron chi connectivity index (χ1n) is 5.79. The van der Waals surface area contributed by atoms with Crippen molar-refractivity contribution in [2.45, 2.75) is 25.7 Å². The van der Waals surface area contributed by atoms with Gasteiger partial charge in [0.1, 0.15) is 0 Å². The molecule has 2 fully saturated rings. The number of carboxylic acid groups (broad SMARTS) is 1. The molecule has 1 saturated carbocycles. The Balaban J connectivity index is 1.68. The molecule has 1 amide bonds. The standard InChI is InChI=1S/C11H19NO3/c13-7-10-6-9(10)5-8-1-3-12(4-2-8)11(14)15/h8-10,13H,1-7H2,(H,14,15)/t9-,10+/m1/s1. The molecule has 15 heavy (non-hydrogen) atoms. The van der Waals surface area contributed by atoms with Gasteiger partial charge in [0.25, 0.3) is 0 Å². The first-order chi connectivity index (χ1) is 7.20. The van der Waals surface area contributed by atoms with Crippen molar-refractivity contribution in [3.8, 4) is 0 Å². The molecule has 0 unspecified atom stereocenters. The number of carbonyl (C=O) groups is 1. The maximum absolute atomic E-state index is 10.7. The van der Waals surface area contributed by atoms with E-state index in [1.54, 1.807) is 0 Å². The lowest BCUT2D eigenvalue weighted by Gasteiger charge is -2.30. The second-order valence-electron chi connectivity index (χ2n) is 4.89. The summed E-state index contributed by atoms with van der Waals surface area (Å²) in [5, 5.41) is 17.7. The fourth-order valence-corrected chi connectivity index (χ4v) is 2.61. The van der Waals surface area contributed by atoms with Crippen LogP contribution in [0.2, 0.25) is 0 Å². The molecule has 0 radical (unpaired) electrons. The van der Waals surface area contributed by atoms with Gasteiger partial charge in [0, 0.05) is 19.7 Å². The Morgan fingerprint density at radius 2 is 1.93 bits per heavy atom. The summed E-state index contributed by atoms with van der Waals surface area (Å²) in [5.74, 6) is 1.95. The highest BCUT2D eigenvalue weighted by Gasteiger charge is 2.38. The third-order valence-corrected chi connectivity index (χ3v) is 3.82. The minimum Gasteiger partial charge on any atom is -0.465 e. The fraction of sp³-hybridized carbons (Fsp3) is 0.909. The minimum atomic E-state index is -0.784. The van der Waals surface area contributed by atoms with Crippen LogP contribution < -0.4 is 0 Å². The van der Waals surface area contributed by atoms with E-state index in [4.69, 9.17) is 10.2 Å². The van der Waals surface area contributed by atoms with Gasteiger partial charge in [0.2, 0.25) is 0 Å². The topological polar surface area (TPSA) is 60.8 Å². The number of likely N-dealkylation sites (tertiary alicyclic amines) is 1. The van der Waals surface area contributed by atoms with E-state index in [-0.39, 0.29) is 0 Å². The first-order valence-corrected chi connectivity index (χ1v) is 5.79. The van der Waals surface area contributed by atoms with Crippen LogP contribution in [0.25, 0.3) is 0 Å². The van der Waals surface area contributed by atoms with Gasteiger partial charge in [-0.2, -0.15) is 0 Å². The Morgan fingerprint density at radius 1 is 1.27 bits per heavy atom. The zero-order valence-electron chi connectivity index (χ0n) is 8.93. The van der Waals surface area contributed by atoms with Gasteiger partial charge in [0.15, 0.2) is 0 Å². The summed E-state index contributed by atoms with van der Waals surface area (Å²) < 4.78 is 0. The molecule has 0 spiro atoms. The molecule has 1 saturated heterocycles. The lowest BCUT2D eigenvalue weighted by atomic mass is 9.91. The van der Waals surface area contributed by atoms with Crippen molar-refractivity contribution in [3.05, 3.63) is 0 Å². The summed E-state index contributed by atoms with van der Waals surface area (Å²) >= 11 is 0. The molecule has 4 heteroatoms. The molecule has 0 aromatic rings. The van der Waals surface area contributed by atoms with E-state index in [2.05, 4.69) is 0 Å². The van der Waals surface area contributed by atoms with Crippen LogP contribution in [-0.2, 0) is 0 Å². The number of rotatable bonds is 3. The quantitative estimate of drug-likeness (QED) is 0.744. The number of nitrogens with zero attached hydrogens (tertiary/aromatic N) is 1. The highest BCUT2D eigenvalue weighted by molar-refractivity contribution is 5.64. The first kappa shape index (κ1) is 10.7. The van der Waals surface area contributed by atoms with Crippen LogP contribution in [0.3, 0.4) is 0 Å². The van der Waals surface area contributed by atoms with E-state index >= 15 is 0 Å². The highest BCUT2D eigenvalue weighted by atomic mass is 16.4. The number of amides is 1. The average molecular weight is 213 g/mol. The van der Waals surface area contributed by atoms with Crippen LogP contribution in [0.4, 0.5) is 4.79 Å². The highest BCUT2D eigenvalue weighted by Crippen LogP contribution is 2.44. The largest absolute Gasteiger partial charge is 0.465 e. The third kappa shape index (κ3) is 2.62. The van der Waals surface area contributed by atoms with Crippen LogP contribution in [-0.4, -0.2) is 40.9 Å². The zero-order valence-corrected chi connectivity index (χ0v) is 8.93. The second-order valence-corrected chi connectivity index (χ2v) is 4.89. The predicted molar refractivity (Wildman–Crippen MR) is 55.6 cm³/mol. The molecule has 2 aliphatic rings. The number of aliphatic hydroxyl groups excluding tert-OH is 1. The van der Waals surface area contributed by atoms with Gasteiger partial charge in [-0.15, -0.1) is 0 Å². The Morgan fingerprint density at radius 3 is 2.40 bits per heavy atom. The Bertz CT molecular complexity index is 236. The molecule has 1 aliphatic heterocycles. The van der Waals surface area contributed by atoms with Crippen molar-refractivity contribution in [2.24, 2.45) is 17.8 Å². The van der Waals surface area contributed by atoms with E-state index in [1.165, 1.54) is 17.7 Å². The molecular weight excluding hydrogens is 194 g/mol. The van der Waals surface area contributed by atoms with Crippen LogP contribution in [0.15, 0.2) is 0 Å². The molecule has 0 aromatic carbocycles. The summed E-state index contributed by atoms with van der Waals surface area (Å²) in [6, 6.07) is 0. The second kappa shape index (κ2) is 4.39. The Kier molecular flexibility index (Phi) is 3.14. The summed E-state index contributed by atoms with van der Waals surface area (Å²) in [7, 11) is 0. The molecule has 0 bridgehead atoms. The van der Waals surface area contributed by atoms with E-state index in [0.29, 0.717) is 31.5 Å². The van der Waals surface area contributed by atoms with Gasteiger partial charge in [-0.1, -0.05) is 0 Å². The van der Waals surface area contributed by atoms with E-state index in [1.807, 2.05) is 0 Å². The normalized spacial score (nSPS) is 31.7. The fourth-order valence-electron chi connectivity index (χ4n) is 2.61. The number of hydrogen-bond donors (Lipinski definition) is 2. The van der Waals surface area contributed by atoms with Gasteiger partial charge in [0.05, 0.1) is 0 Å². The van der Waals surface area contributed by atoms with Crippen molar-refractivity contribution >= 4 is 6.09 Å². The van der Waals surface area contributed by atoms with E-state index < -0.39 is 6.09 Å². The number of piperidine rings is 1. The maximum atomic E-state index is 10.7. The molecular formula is C11H19NO3. The molecule has 2 N–H and O–H groups in total. The summed E-state index contributed by atoms with van der Waals surface area (Å²) in [5.41, 5.74) is 0. The van der Waals surface area contributed by atoms with E-state index in [0.717, 1.165) is 18.8 Å². The summed E-state index contributed by atoms with van der Waals surface area (Å²) in [6.07, 6.45) is 3.59. The number of hydrogen-bond acceptors (Lipinski definition) is 2. The van der Waals surface area contributed by atoms with Crippen molar-refractivity contribution in [2.75, 3.05) is 19.7 Å².